The number of ether oxygens (including phenoxy) is 1. The van der Waals surface area contributed by atoms with Gasteiger partial charge in [-0.15, -0.1) is 0 Å². The summed E-state index contributed by atoms with van der Waals surface area (Å²) in [6.07, 6.45) is 0.731. The number of para-hydroxylation sites is 1. The van der Waals surface area contributed by atoms with Crippen LogP contribution in [0.15, 0.2) is 47.4 Å². The van der Waals surface area contributed by atoms with Crippen molar-refractivity contribution in [1.29, 1.82) is 0 Å². The Kier molecular flexibility index (Phi) is 5.26. The van der Waals surface area contributed by atoms with Crippen molar-refractivity contribution in [3.63, 3.8) is 0 Å². The van der Waals surface area contributed by atoms with E-state index >= 15 is 0 Å². The second-order valence-corrected chi connectivity index (χ2v) is 8.75. The number of hydrogen-bond donors (Lipinski definition) is 0. The van der Waals surface area contributed by atoms with Crippen LogP contribution < -0.4 is 4.90 Å². The number of halogens is 1. The second-order valence-electron chi connectivity index (χ2n) is 6.33. The molecule has 8 heteroatoms. The summed E-state index contributed by atoms with van der Waals surface area (Å²) < 4.78 is 28.6. The van der Waals surface area contributed by atoms with Crippen molar-refractivity contribution in [3.8, 4) is 0 Å². The number of rotatable bonds is 4. The molecule has 1 aliphatic heterocycles. The Bertz CT molecular complexity index is 1020. The van der Waals surface area contributed by atoms with Crippen LogP contribution in [0.1, 0.15) is 22.8 Å². The summed E-state index contributed by atoms with van der Waals surface area (Å²) >= 11 is 6.01. The molecule has 1 aliphatic rings. The predicted octanol–water partition coefficient (Wildman–Crippen LogP) is 2.88. The molecule has 1 heterocycles. The molecule has 0 spiro atoms. The van der Waals surface area contributed by atoms with Gasteiger partial charge in [0.05, 0.1) is 15.5 Å². The Labute approximate surface area is 162 Å². The van der Waals surface area contributed by atoms with Crippen molar-refractivity contribution in [2.45, 2.75) is 24.3 Å². The van der Waals surface area contributed by atoms with Crippen LogP contribution in [-0.2, 0) is 25.8 Å². The molecule has 0 saturated carbocycles. The summed E-state index contributed by atoms with van der Waals surface area (Å²) in [6, 6.07) is 11.3. The van der Waals surface area contributed by atoms with Crippen LogP contribution in [0.4, 0.5) is 5.69 Å². The summed E-state index contributed by atoms with van der Waals surface area (Å²) in [5, 5.41) is 0.0542. The highest BCUT2D eigenvalue weighted by Gasteiger charge is 2.30. The minimum atomic E-state index is -3.51. The molecule has 3 rings (SSSR count). The average Bonchev–Trinajstić information content (AvgIpc) is 3.04. The van der Waals surface area contributed by atoms with Gasteiger partial charge in [0, 0.05) is 18.5 Å². The van der Waals surface area contributed by atoms with Crippen LogP contribution in [0.25, 0.3) is 0 Å². The van der Waals surface area contributed by atoms with E-state index in [2.05, 4.69) is 0 Å². The van der Waals surface area contributed by atoms with E-state index in [1.807, 2.05) is 24.3 Å². The lowest BCUT2D eigenvalue weighted by Crippen LogP contribution is -2.39. The Morgan fingerprint density at radius 2 is 1.89 bits per heavy atom. The third kappa shape index (κ3) is 3.99. The molecule has 0 fully saturated rings. The van der Waals surface area contributed by atoms with E-state index in [1.54, 1.807) is 4.90 Å². The van der Waals surface area contributed by atoms with Gasteiger partial charge in [-0.2, -0.15) is 0 Å². The summed E-state index contributed by atoms with van der Waals surface area (Å²) in [6.45, 7) is 2.00. The maximum Gasteiger partial charge on any atom is 0.340 e. The first-order valence-corrected chi connectivity index (χ1v) is 10.6. The number of benzene rings is 2. The summed E-state index contributed by atoms with van der Waals surface area (Å²) in [5.74, 6) is -1.19. The lowest BCUT2D eigenvalue weighted by atomic mass is 10.2. The molecule has 142 valence electrons. The van der Waals surface area contributed by atoms with E-state index < -0.39 is 21.9 Å². The van der Waals surface area contributed by atoms with Crippen molar-refractivity contribution >= 4 is 39.0 Å². The molecule has 1 unspecified atom stereocenters. The average molecular weight is 408 g/mol. The van der Waals surface area contributed by atoms with Crippen molar-refractivity contribution in [2.24, 2.45) is 0 Å². The fourth-order valence-electron chi connectivity index (χ4n) is 2.95. The van der Waals surface area contributed by atoms with Crippen LogP contribution in [0.3, 0.4) is 0 Å². The number of amides is 1. The largest absolute Gasteiger partial charge is 0.449 e. The molecule has 0 radical (unpaired) electrons. The molecule has 1 amide bonds. The minimum Gasteiger partial charge on any atom is -0.449 e. The topological polar surface area (TPSA) is 80.8 Å². The number of nitrogens with zero attached hydrogens (tertiary/aromatic N) is 1. The van der Waals surface area contributed by atoms with Gasteiger partial charge in [0.25, 0.3) is 5.91 Å². The predicted molar refractivity (Wildman–Crippen MR) is 102 cm³/mol. The molecule has 0 N–H and O–H groups in total. The highest BCUT2D eigenvalue weighted by molar-refractivity contribution is 7.90. The fraction of sp³-hybridized carbons (Fsp3) is 0.263. The molecule has 1 atom stereocenters. The number of carbonyl (C=O) groups is 2. The Balaban J connectivity index is 1.78. The number of fused-ring (bicyclic) bond motifs is 1. The normalized spacial score (nSPS) is 14.6. The Morgan fingerprint density at radius 3 is 2.59 bits per heavy atom. The standard InChI is InChI=1S/C19H18ClNO5S/c1-12(18(22)21-10-9-13-5-3-4-6-17(13)21)26-19(23)15-11-14(27(2,24)25)7-8-16(15)20/h3-8,11-12H,9-10H2,1-2H3. The number of anilines is 1. The molecule has 0 bridgehead atoms. The Hall–Kier alpha value is -2.38. The number of hydrogen-bond acceptors (Lipinski definition) is 5. The molecule has 6 nitrogen and oxygen atoms in total. The first kappa shape index (κ1) is 19.4. The highest BCUT2D eigenvalue weighted by atomic mass is 35.5. The molecule has 2 aromatic carbocycles. The maximum atomic E-state index is 12.7. The second kappa shape index (κ2) is 7.32. The third-order valence-corrected chi connectivity index (χ3v) is 5.81. The van der Waals surface area contributed by atoms with E-state index in [-0.39, 0.29) is 21.4 Å². The van der Waals surface area contributed by atoms with Gasteiger partial charge in [0.2, 0.25) is 0 Å². The van der Waals surface area contributed by atoms with E-state index in [9.17, 15) is 18.0 Å². The quantitative estimate of drug-likeness (QED) is 0.728. The first-order chi connectivity index (χ1) is 12.7. The molecular formula is C19H18ClNO5S. The SMILES string of the molecule is CC(OC(=O)c1cc(S(C)(=O)=O)ccc1Cl)C(=O)N1CCc2ccccc21. The van der Waals surface area contributed by atoms with Crippen molar-refractivity contribution < 1.29 is 22.7 Å². The van der Waals surface area contributed by atoms with E-state index in [4.69, 9.17) is 16.3 Å². The zero-order valence-electron chi connectivity index (χ0n) is 14.8. The monoisotopic (exact) mass is 407 g/mol. The van der Waals surface area contributed by atoms with Gasteiger partial charge in [-0.1, -0.05) is 29.8 Å². The molecule has 2 aromatic rings. The number of sulfone groups is 1. The van der Waals surface area contributed by atoms with E-state index in [0.29, 0.717) is 6.54 Å². The summed E-state index contributed by atoms with van der Waals surface area (Å²) in [5.41, 5.74) is 1.77. The summed E-state index contributed by atoms with van der Waals surface area (Å²) in [7, 11) is -3.51. The van der Waals surface area contributed by atoms with E-state index in [0.717, 1.165) is 30.0 Å². The maximum absolute atomic E-state index is 12.7. The molecule has 0 saturated heterocycles. The van der Waals surface area contributed by atoms with Crippen molar-refractivity contribution in [3.05, 3.63) is 58.6 Å². The Morgan fingerprint density at radius 1 is 1.19 bits per heavy atom. The van der Waals surface area contributed by atoms with Gasteiger partial charge in [-0.25, -0.2) is 13.2 Å². The lowest BCUT2D eigenvalue weighted by Gasteiger charge is -2.22. The molecule has 0 aliphatic carbocycles. The van der Waals surface area contributed by atoms with Crippen molar-refractivity contribution in [2.75, 3.05) is 17.7 Å². The smallest absolute Gasteiger partial charge is 0.340 e. The first-order valence-electron chi connectivity index (χ1n) is 8.28. The molecule has 27 heavy (non-hydrogen) atoms. The zero-order chi connectivity index (χ0) is 19.8. The van der Waals surface area contributed by atoms with Gasteiger partial charge in [-0.05, 0) is 43.2 Å². The number of esters is 1. The molecule has 0 aromatic heterocycles. The lowest BCUT2D eigenvalue weighted by molar-refractivity contribution is -0.126. The van der Waals surface area contributed by atoms with Crippen LogP contribution in [0.2, 0.25) is 5.02 Å². The molecular weight excluding hydrogens is 390 g/mol. The van der Waals surface area contributed by atoms with E-state index in [1.165, 1.54) is 19.1 Å². The van der Waals surface area contributed by atoms with Crippen LogP contribution in [0.5, 0.6) is 0 Å². The van der Waals surface area contributed by atoms with Gasteiger partial charge < -0.3 is 9.64 Å². The van der Waals surface area contributed by atoms with Crippen LogP contribution in [0, 0.1) is 0 Å². The zero-order valence-corrected chi connectivity index (χ0v) is 16.4. The van der Waals surface area contributed by atoms with Gasteiger partial charge in [0.1, 0.15) is 0 Å². The van der Waals surface area contributed by atoms with Crippen LogP contribution in [-0.4, -0.2) is 39.2 Å². The van der Waals surface area contributed by atoms with Crippen molar-refractivity contribution in [1.82, 2.24) is 0 Å². The summed E-state index contributed by atoms with van der Waals surface area (Å²) in [4.78, 5) is 26.7. The fourth-order valence-corrected chi connectivity index (χ4v) is 3.79. The minimum absolute atomic E-state index is 0.0497. The van der Waals surface area contributed by atoms with Crippen LogP contribution >= 0.6 is 11.6 Å². The van der Waals surface area contributed by atoms with Gasteiger partial charge in [0.15, 0.2) is 15.9 Å². The number of carbonyl (C=O) groups excluding carboxylic acids is 2. The van der Waals surface area contributed by atoms with Gasteiger partial charge >= 0.3 is 5.97 Å². The third-order valence-electron chi connectivity index (χ3n) is 4.37. The van der Waals surface area contributed by atoms with Gasteiger partial charge in [-0.3, -0.25) is 4.79 Å². The highest BCUT2D eigenvalue weighted by Crippen LogP contribution is 2.28.